The zero-order valence-corrected chi connectivity index (χ0v) is 13.9. The molecule has 2 rings (SSSR count). The molecule has 0 saturated carbocycles. The van der Waals surface area contributed by atoms with E-state index in [2.05, 4.69) is 42.7 Å². The van der Waals surface area contributed by atoms with Crippen molar-refractivity contribution in [2.45, 2.75) is 58.4 Å². The summed E-state index contributed by atoms with van der Waals surface area (Å²) in [6.07, 6.45) is 3.58. The van der Waals surface area contributed by atoms with Crippen molar-refractivity contribution < 1.29 is 4.74 Å². The van der Waals surface area contributed by atoms with Crippen LogP contribution in [-0.4, -0.2) is 41.1 Å². The lowest BCUT2D eigenvalue weighted by molar-refractivity contribution is 0.226. The van der Waals surface area contributed by atoms with Crippen LogP contribution >= 0.6 is 0 Å². The Kier molecular flexibility index (Phi) is 4.71. The number of likely N-dealkylation sites (tertiary alicyclic amines) is 1. The molecule has 2 heterocycles. The van der Waals surface area contributed by atoms with Gasteiger partial charge in [-0.2, -0.15) is 4.98 Å². The molecule has 5 nitrogen and oxygen atoms in total. The number of hydrogen-bond acceptors (Lipinski definition) is 5. The maximum atomic E-state index is 5.99. The fourth-order valence-corrected chi connectivity index (χ4v) is 2.62. The number of ether oxygens (including phenoxy) is 1. The normalized spacial score (nSPS) is 20.0. The van der Waals surface area contributed by atoms with Gasteiger partial charge in [0, 0.05) is 11.5 Å². The summed E-state index contributed by atoms with van der Waals surface area (Å²) in [5, 5.41) is 0. The van der Waals surface area contributed by atoms with Crippen molar-refractivity contribution in [3.63, 3.8) is 0 Å². The Balaban J connectivity index is 2.03. The van der Waals surface area contributed by atoms with E-state index >= 15 is 0 Å². The number of nitrogens with two attached hydrogens (primary N) is 1. The zero-order valence-electron chi connectivity index (χ0n) is 13.9. The SMILES string of the molecule is Cc1c(N)nc(C(C)(C)C)nc1OCCC1CCCN1C. The second kappa shape index (κ2) is 6.18. The van der Waals surface area contributed by atoms with E-state index < -0.39 is 0 Å². The lowest BCUT2D eigenvalue weighted by atomic mass is 9.95. The number of nitrogen functional groups attached to an aromatic ring is 1. The molecule has 1 fully saturated rings. The Morgan fingerprint density at radius 3 is 2.62 bits per heavy atom. The van der Waals surface area contributed by atoms with E-state index in [4.69, 9.17) is 10.5 Å². The maximum Gasteiger partial charge on any atom is 0.221 e. The van der Waals surface area contributed by atoms with E-state index in [9.17, 15) is 0 Å². The predicted molar refractivity (Wildman–Crippen MR) is 85.6 cm³/mol. The van der Waals surface area contributed by atoms with Gasteiger partial charge in [-0.15, -0.1) is 0 Å². The number of hydrogen-bond donors (Lipinski definition) is 1. The summed E-state index contributed by atoms with van der Waals surface area (Å²) in [6.45, 7) is 10.0. The Bertz CT molecular complexity index is 496. The van der Waals surface area contributed by atoms with Crippen LogP contribution in [0.15, 0.2) is 0 Å². The molecule has 1 aliphatic heterocycles. The maximum absolute atomic E-state index is 5.99. The van der Waals surface area contributed by atoms with Gasteiger partial charge in [-0.1, -0.05) is 20.8 Å². The highest BCUT2D eigenvalue weighted by atomic mass is 16.5. The minimum Gasteiger partial charge on any atom is -0.477 e. The first-order chi connectivity index (χ1) is 9.79. The van der Waals surface area contributed by atoms with Gasteiger partial charge in [-0.3, -0.25) is 0 Å². The summed E-state index contributed by atoms with van der Waals surface area (Å²) in [6, 6.07) is 0.631. The number of rotatable bonds is 4. The van der Waals surface area contributed by atoms with Crippen molar-refractivity contribution in [3.05, 3.63) is 11.4 Å². The van der Waals surface area contributed by atoms with E-state index in [0.29, 0.717) is 24.3 Å². The molecule has 5 heteroatoms. The molecular weight excluding hydrogens is 264 g/mol. The second-order valence-corrected chi connectivity index (χ2v) is 7.03. The Labute approximate surface area is 127 Å². The van der Waals surface area contributed by atoms with Gasteiger partial charge in [0.2, 0.25) is 5.88 Å². The van der Waals surface area contributed by atoms with E-state index in [0.717, 1.165) is 17.8 Å². The largest absolute Gasteiger partial charge is 0.477 e. The van der Waals surface area contributed by atoms with Gasteiger partial charge >= 0.3 is 0 Å². The van der Waals surface area contributed by atoms with Gasteiger partial charge in [0.05, 0.1) is 12.2 Å². The molecule has 1 aliphatic rings. The summed E-state index contributed by atoms with van der Waals surface area (Å²) >= 11 is 0. The standard InChI is InChI=1S/C16H28N4O/c1-11-13(17)18-15(16(2,3)4)19-14(11)21-10-8-12-7-6-9-20(12)5/h12H,6-10H2,1-5H3,(H2,17,18,19). The molecule has 0 aromatic carbocycles. The van der Waals surface area contributed by atoms with Crippen molar-refractivity contribution >= 4 is 5.82 Å². The highest BCUT2D eigenvalue weighted by Gasteiger charge is 2.23. The highest BCUT2D eigenvalue weighted by molar-refractivity contribution is 5.45. The third kappa shape index (κ3) is 3.84. The molecule has 0 aliphatic carbocycles. The van der Waals surface area contributed by atoms with Crippen molar-refractivity contribution in [2.24, 2.45) is 0 Å². The fourth-order valence-electron chi connectivity index (χ4n) is 2.62. The molecule has 0 radical (unpaired) electrons. The highest BCUT2D eigenvalue weighted by Crippen LogP contribution is 2.26. The van der Waals surface area contributed by atoms with Crippen molar-refractivity contribution in [3.8, 4) is 5.88 Å². The lowest BCUT2D eigenvalue weighted by Gasteiger charge is -2.21. The number of aromatic nitrogens is 2. The lowest BCUT2D eigenvalue weighted by Crippen LogP contribution is -2.26. The summed E-state index contributed by atoms with van der Waals surface area (Å²) in [4.78, 5) is 11.3. The number of nitrogens with zero attached hydrogens (tertiary/aromatic N) is 3. The van der Waals surface area contributed by atoms with Crippen LogP contribution in [0.1, 0.15) is 51.4 Å². The van der Waals surface area contributed by atoms with Crippen LogP contribution in [0, 0.1) is 6.92 Å². The smallest absolute Gasteiger partial charge is 0.221 e. The zero-order chi connectivity index (χ0) is 15.6. The van der Waals surface area contributed by atoms with Gasteiger partial charge in [0.15, 0.2) is 0 Å². The molecule has 2 N–H and O–H groups in total. The van der Waals surface area contributed by atoms with Crippen molar-refractivity contribution in [1.29, 1.82) is 0 Å². The predicted octanol–water partition coefficient (Wildman–Crippen LogP) is 2.53. The van der Waals surface area contributed by atoms with Gasteiger partial charge in [0.1, 0.15) is 11.6 Å². The van der Waals surface area contributed by atoms with Crippen LogP contribution in [0.25, 0.3) is 0 Å². The summed E-state index contributed by atoms with van der Waals surface area (Å²) in [5.74, 6) is 1.88. The molecule has 1 unspecified atom stereocenters. The monoisotopic (exact) mass is 292 g/mol. The molecule has 118 valence electrons. The van der Waals surface area contributed by atoms with Crippen LogP contribution in [0.4, 0.5) is 5.82 Å². The van der Waals surface area contributed by atoms with Crippen molar-refractivity contribution in [2.75, 3.05) is 25.9 Å². The Morgan fingerprint density at radius 2 is 2.05 bits per heavy atom. The van der Waals surface area contributed by atoms with Gasteiger partial charge in [0.25, 0.3) is 0 Å². The summed E-state index contributed by atoms with van der Waals surface area (Å²) < 4.78 is 5.91. The first-order valence-electron chi connectivity index (χ1n) is 7.76. The summed E-state index contributed by atoms with van der Waals surface area (Å²) in [5.41, 5.74) is 6.70. The van der Waals surface area contributed by atoms with Crippen LogP contribution in [0.5, 0.6) is 5.88 Å². The van der Waals surface area contributed by atoms with E-state index in [1.807, 2.05) is 6.92 Å². The van der Waals surface area contributed by atoms with Crippen molar-refractivity contribution in [1.82, 2.24) is 14.9 Å². The summed E-state index contributed by atoms with van der Waals surface area (Å²) in [7, 11) is 2.18. The molecule has 1 aromatic heterocycles. The first-order valence-corrected chi connectivity index (χ1v) is 7.76. The Hall–Kier alpha value is -1.36. The fraction of sp³-hybridized carbons (Fsp3) is 0.750. The molecule has 0 amide bonds. The second-order valence-electron chi connectivity index (χ2n) is 7.03. The third-order valence-electron chi connectivity index (χ3n) is 4.17. The molecular formula is C16H28N4O. The molecule has 1 atom stereocenters. The topological polar surface area (TPSA) is 64.3 Å². The van der Waals surface area contributed by atoms with Crippen LogP contribution in [0.2, 0.25) is 0 Å². The minimum atomic E-state index is -0.133. The van der Waals surface area contributed by atoms with E-state index in [1.165, 1.54) is 19.4 Å². The first kappa shape index (κ1) is 16.0. The van der Waals surface area contributed by atoms with E-state index in [-0.39, 0.29) is 5.41 Å². The molecule has 0 bridgehead atoms. The van der Waals surface area contributed by atoms with Crippen LogP contribution in [0.3, 0.4) is 0 Å². The molecule has 0 spiro atoms. The van der Waals surface area contributed by atoms with Crippen LogP contribution < -0.4 is 10.5 Å². The van der Waals surface area contributed by atoms with Gasteiger partial charge < -0.3 is 15.4 Å². The molecule has 1 saturated heterocycles. The average molecular weight is 292 g/mol. The molecule has 1 aromatic rings. The van der Waals surface area contributed by atoms with Gasteiger partial charge in [-0.05, 0) is 39.8 Å². The van der Waals surface area contributed by atoms with E-state index in [1.54, 1.807) is 0 Å². The number of anilines is 1. The average Bonchev–Trinajstić information content (AvgIpc) is 2.79. The minimum absolute atomic E-state index is 0.133. The van der Waals surface area contributed by atoms with Crippen LogP contribution in [-0.2, 0) is 5.41 Å². The third-order valence-corrected chi connectivity index (χ3v) is 4.17. The Morgan fingerprint density at radius 1 is 1.33 bits per heavy atom. The quantitative estimate of drug-likeness (QED) is 0.924. The molecule has 21 heavy (non-hydrogen) atoms. The van der Waals surface area contributed by atoms with Gasteiger partial charge in [-0.25, -0.2) is 4.98 Å².